The SMILES string of the molecule is CCN1C(=O)C(C(O)c2cccc(Br)c2)N=C(c2ccccc2)c2cc(OC)c(OC)cc21. The minimum absolute atomic E-state index is 0.288. The number of amides is 1. The highest BCUT2D eigenvalue weighted by Crippen LogP contribution is 2.39. The van der Waals surface area contributed by atoms with Gasteiger partial charge in [-0.1, -0.05) is 58.4 Å². The van der Waals surface area contributed by atoms with Crippen LogP contribution in [0.25, 0.3) is 0 Å². The van der Waals surface area contributed by atoms with Gasteiger partial charge in [-0.05, 0) is 30.7 Å². The summed E-state index contributed by atoms with van der Waals surface area (Å²) in [6.45, 7) is 2.30. The average Bonchev–Trinajstić information content (AvgIpc) is 2.96. The van der Waals surface area contributed by atoms with Crippen LogP contribution in [0.2, 0.25) is 0 Å². The van der Waals surface area contributed by atoms with Crippen molar-refractivity contribution in [1.82, 2.24) is 0 Å². The van der Waals surface area contributed by atoms with Crippen LogP contribution in [0.5, 0.6) is 11.5 Å². The van der Waals surface area contributed by atoms with E-state index in [0.717, 1.165) is 15.6 Å². The normalized spacial score (nSPS) is 16.5. The Hall–Kier alpha value is -3.16. The van der Waals surface area contributed by atoms with E-state index < -0.39 is 12.1 Å². The van der Waals surface area contributed by atoms with E-state index in [1.54, 1.807) is 37.3 Å². The predicted molar refractivity (Wildman–Crippen MR) is 133 cm³/mol. The third-order valence-electron chi connectivity index (χ3n) is 5.69. The number of carbonyl (C=O) groups is 1. The maximum absolute atomic E-state index is 13.7. The van der Waals surface area contributed by atoms with Crippen LogP contribution in [0.15, 0.2) is 76.2 Å². The molecule has 0 bridgehead atoms. The number of hydrogen-bond acceptors (Lipinski definition) is 5. The summed E-state index contributed by atoms with van der Waals surface area (Å²) in [5, 5.41) is 11.3. The molecule has 4 rings (SSSR count). The number of aliphatic hydroxyl groups is 1. The van der Waals surface area contributed by atoms with Crippen molar-refractivity contribution in [2.24, 2.45) is 4.99 Å². The molecular formula is C26H25BrN2O4. The fraction of sp³-hybridized carbons (Fsp3) is 0.231. The first-order valence-electron chi connectivity index (χ1n) is 10.6. The van der Waals surface area contributed by atoms with E-state index >= 15 is 0 Å². The van der Waals surface area contributed by atoms with Crippen molar-refractivity contribution in [3.8, 4) is 11.5 Å². The Morgan fingerprint density at radius 2 is 1.73 bits per heavy atom. The van der Waals surface area contributed by atoms with Gasteiger partial charge in [0.1, 0.15) is 6.10 Å². The molecular weight excluding hydrogens is 484 g/mol. The predicted octanol–water partition coefficient (Wildman–Crippen LogP) is 4.77. The summed E-state index contributed by atoms with van der Waals surface area (Å²) < 4.78 is 11.9. The van der Waals surface area contributed by atoms with E-state index in [0.29, 0.717) is 35.0 Å². The second-order valence-corrected chi connectivity index (χ2v) is 8.51. The summed E-state index contributed by atoms with van der Waals surface area (Å²) in [7, 11) is 3.13. The Balaban J connectivity index is 1.97. The van der Waals surface area contributed by atoms with Crippen LogP contribution in [0.3, 0.4) is 0 Å². The molecule has 2 atom stereocenters. The quantitative estimate of drug-likeness (QED) is 0.520. The van der Waals surface area contributed by atoms with Gasteiger partial charge in [-0.25, -0.2) is 0 Å². The topological polar surface area (TPSA) is 71.4 Å². The number of likely N-dealkylation sites (N-methyl/N-ethyl adjacent to an activating group) is 1. The van der Waals surface area contributed by atoms with Crippen molar-refractivity contribution >= 4 is 33.2 Å². The smallest absolute Gasteiger partial charge is 0.254 e. The molecule has 0 saturated heterocycles. The number of benzene rings is 3. The molecule has 33 heavy (non-hydrogen) atoms. The Labute approximate surface area is 201 Å². The van der Waals surface area contributed by atoms with E-state index in [1.165, 1.54) is 0 Å². The number of ether oxygens (including phenoxy) is 2. The molecule has 7 heteroatoms. The Kier molecular flexibility index (Phi) is 6.81. The molecule has 0 fully saturated rings. The summed E-state index contributed by atoms with van der Waals surface area (Å²) in [6, 6.07) is 19.5. The van der Waals surface area contributed by atoms with Gasteiger partial charge in [0.15, 0.2) is 17.5 Å². The number of fused-ring (bicyclic) bond motifs is 1. The second kappa shape index (κ2) is 9.77. The number of benzodiazepines with no additional fused rings is 1. The molecule has 1 aliphatic heterocycles. The van der Waals surface area contributed by atoms with Crippen molar-refractivity contribution < 1.29 is 19.4 Å². The van der Waals surface area contributed by atoms with E-state index in [9.17, 15) is 9.90 Å². The van der Waals surface area contributed by atoms with Gasteiger partial charge in [0, 0.05) is 28.2 Å². The van der Waals surface area contributed by atoms with Crippen molar-refractivity contribution in [1.29, 1.82) is 0 Å². The number of rotatable bonds is 6. The zero-order chi connectivity index (χ0) is 23.5. The summed E-state index contributed by atoms with van der Waals surface area (Å²) in [4.78, 5) is 20.3. The molecule has 0 aliphatic carbocycles. The summed E-state index contributed by atoms with van der Waals surface area (Å²) in [6.07, 6.45) is -1.12. The first-order valence-corrected chi connectivity index (χ1v) is 11.4. The van der Waals surface area contributed by atoms with Crippen LogP contribution < -0.4 is 14.4 Å². The van der Waals surface area contributed by atoms with Gasteiger partial charge in [0.2, 0.25) is 0 Å². The van der Waals surface area contributed by atoms with Gasteiger partial charge in [-0.15, -0.1) is 0 Å². The maximum atomic E-state index is 13.7. The Bertz CT molecular complexity index is 1200. The highest BCUT2D eigenvalue weighted by atomic mass is 79.9. The average molecular weight is 509 g/mol. The van der Waals surface area contributed by atoms with E-state index in [1.807, 2.05) is 55.5 Å². The molecule has 0 aromatic heterocycles. The number of anilines is 1. The molecule has 0 spiro atoms. The number of nitrogens with zero attached hydrogens (tertiary/aromatic N) is 2. The van der Waals surface area contributed by atoms with Crippen molar-refractivity contribution in [3.63, 3.8) is 0 Å². The number of aliphatic hydroxyl groups excluding tert-OH is 1. The van der Waals surface area contributed by atoms with Gasteiger partial charge in [0.25, 0.3) is 5.91 Å². The molecule has 3 aromatic carbocycles. The van der Waals surface area contributed by atoms with Crippen LogP contribution in [-0.4, -0.2) is 43.5 Å². The van der Waals surface area contributed by atoms with Crippen LogP contribution in [-0.2, 0) is 4.79 Å². The van der Waals surface area contributed by atoms with Crippen LogP contribution in [0.4, 0.5) is 5.69 Å². The third-order valence-corrected chi connectivity index (χ3v) is 6.18. The van der Waals surface area contributed by atoms with Crippen molar-refractivity contribution in [2.75, 3.05) is 25.7 Å². The summed E-state index contributed by atoms with van der Waals surface area (Å²) in [5.41, 5.74) is 3.44. The minimum Gasteiger partial charge on any atom is -0.493 e. The lowest BCUT2D eigenvalue weighted by Gasteiger charge is -2.26. The largest absolute Gasteiger partial charge is 0.493 e. The lowest BCUT2D eigenvalue weighted by atomic mass is 9.99. The number of methoxy groups -OCH3 is 2. The standard InChI is InChI=1S/C26H25BrN2O4/c1-4-29-20-15-22(33-3)21(32-2)14-19(20)23(16-9-6-5-7-10-16)28-24(26(29)31)25(30)17-11-8-12-18(27)13-17/h5-15,24-25,30H,4H2,1-3H3. The van der Waals surface area contributed by atoms with Crippen LogP contribution in [0, 0.1) is 0 Å². The summed E-state index contributed by atoms with van der Waals surface area (Å²) >= 11 is 3.44. The fourth-order valence-corrected chi connectivity index (χ4v) is 4.47. The molecule has 1 amide bonds. The monoisotopic (exact) mass is 508 g/mol. The molecule has 0 saturated carbocycles. The van der Waals surface area contributed by atoms with Gasteiger partial charge < -0.3 is 19.5 Å². The third kappa shape index (κ3) is 4.38. The number of halogens is 1. The number of carbonyl (C=O) groups excluding carboxylic acids is 1. The number of aliphatic imine (C=N–C) groups is 1. The molecule has 3 aromatic rings. The molecule has 6 nitrogen and oxygen atoms in total. The van der Waals surface area contributed by atoms with Crippen molar-refractivity contribution in [2.45, 2.75) is 19.1 Å². The van der Waals surface area contributed by atoms with Gasteiger partial charge in [0.05, 0.1) is 25.6 Å². The highest BCUT2D eigenvalue weighted by molar-refractivity contribution is 9.10. The Morgan fingerprint density at radius 1 is 1.03 bits per heavy atom. The molecule has 0 radical (unpaired) electrons. The first kappa shape index (κ1) is 23.0. The lowest BCUT2D eigenvalue weighted by Crippen LogP contribution is -2.40. The minimum atomic E-state index is -1.12. The fourth-order valence-electron chi connectivity index (χ4n) is 4.05. The van der Waals surface area contributed by atoms with E-state index in [4.69, 9.17) is 14.5 Å². The maximum Gasteiger partial charge on any atom is 0.254 e. The zero-order valence-electron chi connectivity index (χ0n) is 18.7. The molecule has 1 heterocycles. The molecule has 1 aliphatic rings. The highest BCUT2D eigenvalue weighted by Gasteiger charge is 2.37. The molecule has 2 unspecified atom stereocenters. The van der Waals surface area contributed by atoms with Crippen molar-refractivity contribution in [3.05, 3.63) is 87.9 Å². The summed E-state index contributed by atoms with van der Waals surface area (Å²) in [5.74, 6) is 0.764. The van der Waals surface area contributed by atoms with Gasteiger partial charge >= 0.3 is 0 Å². The van der Waals surface area contributed by atoms with Gasteiger partial charge in [-0.3, -0.25) is 9.79 Å². The van der Waals surface area contributed by atoms with E-state index in [2.05, 4.69) is 15.9 Å². The van der Waals surface area contributed by atoms with Crippen LogP contribution >= 0.6 is 15.9 Å². The molecule has 1 N–H and O–H groups in total. The van der Waals surface area contributed by atoms with Crippen LogP contribution in [0.1, 0.15) is 29.7 Å². The second-order valence-electron chi connectivity index (χ2n) is 7.60. The first-order chi connectivity index (χ1) is 16.0. The zero-order valence-corrected chi connectivity index (χ0v) is 20.2. The lowest BCUT2D eigenvalue weighted by molar-refractivity contribution is -0.122. The van der Waals surface area contributed by atoms with Gasteiger partial charge in [-0.2, -0.15) is 0 Å². The Morgan fingerprint density at radius 3 is 2.36 bits per heavy atom. The van der Waals surface area contributed by atoms with E-state index in [-0.39, 0.29) is 5.91 Å². The number of hydrogen-bond donors (Lipinski definition) is 1. The molecule has 170 valence electrons.